The number of hydrogen-bond donors (Lipinski definition) is 2. The third kappa shape index (κ3) is 10.9. The van der Waals surface area contributed by atoms with Crippen molar-refractivity contribution in [2.75, 3.05) is 13.1 Å². The SMILES string of the molecule is CCN(C(=O)CNC(=O)OC(C)(C)C)C(C(=O)NC(Cc1ccccc1)C(=O)OC(C)(C)C)c1ccc(C)c(C)c1. The molecule has 9 heteroatoms. The molecule has 3 amide bonds. The first-order chi connectivity index (χ1) is 19.0. The molecule has 9 nitrogen and oxygen atoms in total. The Balaban J connectivity index is 2.42. The highest BCUT2D eigenvalue weighted by Gasteiger charge is 2.35. The van der Waals surface area contributed by atoms with Gasteiger partial charge in [-0.3, -0.25) is 9.59 Å². The molecule has 2 atom stereocenters. The van der Waals surface area contributed by atoms with Crippen LogP contribution in [0.4, 0.5) is 4.79 Å². The molecule has 224 valence electrons. The van der Waals surface area contributed by atoms with Crippen molar-refractivity contribution < 1.29 is 28.7 Å². The van der Waals surface area contributed by atoms with Crippen molar-refractivity contribution >= 4 is 23.9 Å². The average Bonchev–Trinajstić information content (AvgIpc) is 2.85. The molecular formula is C32H45N3O6. The van der Waals surface area contributed by atoms with Crippen LogP contribution in [0, 0.1) is 13.8 Å². The Bertz CT molecular complexity index is 1210. The van der Waals surface area contributed by atoms with E-state index in [0.29, 0.717) is 5.56 Å². The number of nitrogens with zero attached hydrogens (tertiary/aromatic N) is 1. The van der Waals surface area contributed by atoms with E-state index in [4.69, 9.17) is 9.47 Å². The summed E-state index contributed by atoms with van der Waals surface area (Å²) in [4.78, 5) is 54.2. The molecule has 2 aromatic rings. The smallest absolute Gasteiger partial charge is 0.408 e. The van der Waals surface area contributed by atoms with Crippen LogP contribution in [0.25, 0.3) is 0 Å². The first-order valence-corrected chi connectivity index (χ1v) is 13.9. The molecule has 0 fully saturated rings. The molecule has 2 aromatic carbocycles. The Kier molecular flexibility index (Phi) is 11.5. The van der Waals surface area contributed by atoms with Crippen molar-refractivity contribution in [2.24, 2.45) is 0 Å². The van der Waals surface area contributed by atoms with Crippen molar-refractivity contribution in [3.05, 3.63) is 70.8 Å². The van der Waals surface area contributed by atoms with Crippen LogP contribution < -0.4 is 10.6 Å². The number of hydrogen-bond acceptors (Lipinski definition) is 6. The number of amides is 3. The van der Waals surface area contributed by atoms with Gasteiger partial charge < -0.3 is 25.0 Å². The summed E-state index contributed by atoms with van der Waals surface area (Å²) in [5, 5.41) is 5.35. The predicted octanol–water partition coefficient (Wildman–Crippen LogP) is 4.79. The van der Waals surface area contributed by atoms with Gasteiger partial charge in [-0.15, -0.1) is 0 Å². The second kappa shape index (κ2) is 14.1. The van der Waals surface area contributed by atoms with E-state index in [2.05, 4.69) is 10.6 Å². The minimum Gasteiger partial charge on any atom is -0.458 e. The van der Waals surface area contributed by atoms with Gasteiger partial charge in [0.05, 0.1) is 0 Å². The number of carbonyl (C=O) groups excluding carboxylic acids is 4. The van der Waals surface area contributed by atoms with Crippen molar-refractivity contribution in [2.45, 2.75) is 92.0 Å². The number of likely N-dealkylation sites (N-methyl/N-ethyl adjacent to an activating group) is 1. The van der Waals surface area contributed by atoms with Crippen LogP contribution in [-0.4, -0.2) is 59.1 Å². The van der Waals surface area contributed by atoms with Crippen molar-refractivity contribution in [3.63, 3.8) is 0 Å². The molecule has 41 heavy (non-hydrogen) atoms. The summed E-state index contributed by atoms with van der Waals surface area (Å²) in [6.07, 6.45) is -0.525. The first-order valence-electron chi connectivity index (χ1n) is 13.9. The summed E-state index contributed by atoms with van der Waals surface area (Å²) in [5.74, 6) is -1.59. The molecule has 2 unspecified atom stereocenters. The maximum Gasteiger partial charge on any atom is 0.408 e. The highest BCUT2D eigenvalue weighted by Crippen LogP contribution is 2.25. The summed E-state index contributed by atoms with van der Waals surface area (Å²) < 4.78 is 10.9. The predicted molar refractivity (Wildman–Crippen MR) is 158 cm³/mol. The van der Waals surface area contributed by atoms with E-state index in [1.165, 1.54) is 4.90 Å². The number of benzene rings is 2. The molecule has 0 heterocycles. The highest BCUT2D eigenvalue weighted by molar-refractivity contribution is 5.93. The molecule has 2 rings (SSSR count). The molecule has 0 aromatic heterocycles. The summed E-state index contributed by atoms with van der Waals surface area (Å²) in [7, 11) is 0. The normalized spacial score (nSPS) is 13.0. The minimum absolute atomic E-state index is 0.176. The highest BCUT2D eigenvalue weighted by atomic mass is 16.6. The number of carbonyl (C=O) groups is 4. The largest absolute Gasteiger partial charge is 0.458 e. The third-order valence-corrected chi connectivity index (χ3v) is 6.14. The Morgan fingerprint density at radius 3 is 2.00 bits per heavy atom. The van der Waals surface area contributed by atoms with E-state index in [0.717, 1.165) is 16.7 Å². The monoisotopic (exact) mass is 567 g/mol. The maximum absolute atomic E-state index is 14.0. The molecular weight excluding hydrogens is 522 g/mol. The number of alkyl carbamates (subject to hydrolysis) is 1. The van der Waals surface area contributed by atoms with Gasteiger partial charge in [0.2, 0.25) is 11.8 Å². The van der Waals surface area contributed by atoms with Crippen LogP contribution >= 0.6 is 0 Å². The van der Waals surface area contributed by atoms with Gasteiger partial charge in [-0.1, -0.05) is 48.5 Å². The van der Waals surface area contributed by atoms with Crippen molar-refractivity contribution in [1.29, 1.82) is 0 Å². The van der Waals surface area contributed by atoms with Crippen LogP contribution in [0.3, 0.4) is 0 Å². The van der Waals surface area contributed by atoms with Crippen LogP contribution in [0.2, 0.25) is 0 Å². The topological polar surface area (TPSA) is 114 Å². The van der Waals surface area contributed by atoms with Gasteiger partial charge in [0.15, 0.2) is 0 Å². The Labute approximate surface area is 244 Å². The van der Waals surface area contributed by atoms with Gasteiger partial charge in [0, 0.05) is 13.0 Å². The number of rotatable bonds is 10. The summed E-state index contributed by atoms with van der Waals surface area (Å²) in [6, 6.07) is 12.8. The van der Waals surface area contributed by atoms with Gasteiger partial charge in [0.25, 0.3) is 0 Å². The lowest BCUT2D eigenvalue weighted by Crippen LogP contribution is -2.52. The Morgan fingerprint density at radius 1 is 0.854 bits per heavy atom. The van der Waals surface area contributed by atoms with Crippen molar-refractivity contribution in [3.8, 4) is 0 Å². The average molecular weight is 568 g/mol. The lowest BCUT2D eigenvalue weighted by molar-refractivity contribution is -0.159. The molecule has 0 aliphatic rings. The van der Waals surface area contributed by atoms with E-state index in [1.807, 2.05) is 56.3 Å². The van der Waals surface area contributed by atoms with E-state index < -0.39 is 47.2 Å². The van der Waals surface area contributed by atoms with Crippen LogP contribution in [0.1, 0.15) is 76.8 Å². The number of esters is 1. The zero-order valence-electron chi connectivity index (χ0n) is 25.8. The lowest BCUT2D eigenvalue weighted by Gasteiger charge is -2.32. The van der Waals surface area contributed by atoms with Gasteiger partial charge in [0.1, 0.15) is 29.8 Å². The molecule has 0 saturated heterocycles. The Hall–Kier alpha value is -3.88. The lowest BCUT2D eigenvalue weighted by atomic mass is 9.98. The number of nitrogens with one attached hydrogen (secondary N) is 2. The second-order valence-electron chi connectivity index (χ2n) is 12.1. The summed E-state index contributed by atoms with van der Waals surface area (Å²) >= 11 is 0. The third-order valence-electron chi connectivity index (χ3n) is 6.14. The van der Waals surface area contributed by atoms with Gasteiger partial charge in [-0.2, -0.15) is 0 Å². The molecule has 0 bridgehead atoms. The molecule has 0 radical (unpaired) electrons. The molecule has 0 aliphatic carbocycles. The van der Waals surface area contributed by atoms with Gasteiger partial charge in [-0.25, -0.2) is 9.59 Å². The molecule has 0 aliphatic heterocycles. The molecule has 0 saturated carbocycles. The quantitative estimate of drug-likeness (QED) is 0.399. The second-order valence-corrected chi connectivity index (χ2v) is 12.1. The van der Waals surface area contributed by atoms with E-state index in [1.54, 1.807) is 54.5 Å². The molecule has 2 N–H and O–H groups in total. The van der Waals surface area contributed by atoms with Crippen LogP contribution in [0.5, 0.6) is 0 Å². The van der Waals surface area contributed by atoms with E-state index in [-0.39, 0.29) is 19.5 Å². The van der Waals surface area contributed by atoms with Crippen LogP contribution in [0.15, 0.2) is 48.5 Å². The molecule has 0 spiro atoms. The van der Waals surface area contributed by atoms with Gasteiger partial charge >= 0.3 is 12.1 Å². The number of ether oxygens (including phenoxy) is 2. The maximum atomic E-state index is 14.0. The van der Waals surface area contributed by atoms with E-state index in [9.17, 15) is 19.2 Å². The van der Waals surface area contributed by atoms with Gasteiger partial charge in [-0.05, 0) is 84.6 Å². The standard InChI is InChI=1S/C32H45N3O6/c1-10-35(26(36)20-33-30(39)41-32(7,8)9)27(24-17-16-21(2)22(3)18-24)28(37)34-25(29(38)40-31(4,5)6)19-23-14-12-11-13-15-23/h11-18,25,27H,10,19-20H2,1-9H3,(H,33,39)(H,34,37). The Morgan fingerprint density at radius 2 is 1.46 bits per heavy atom. The minimum atomic E-state index is -1.06. The summed E-state index contributed by atoms with van der Waals surface area (Å²) in [5.41, 5.74) is 1.92. The van der Waals surface area contributed by atoms with E-state index >= 15 is 0 Å². The fourth-order valence-corrected chi connectivity index (χ4v) is 4.14. The number of aryl methyl sites for hydroxylation is 2. The van der Waals surface area contributed by atoms with Crippen molar-refractivity contribution in [1.82, 2.24) is 15.5 Å². The summed E-state index contributed by atoms with van der Waals surface area (Å²) in [6.45, 7) is 15.9. The fraction of sp³-hybridized carbons (Fsp3) is 0.500. The fourth-order valence-electron chi connectivity index (χ4n) is 4.14. The zero-order valence-corrected chi connectivity index (χ0v) is 25.8. The zero-order chi connectivity index (χ0) is 31.0. The first kappa shape index (κ1) is 33.3. The van der Waals surface area contributed by atoms with Crippen LogP contribution in [-0.2, 0) is 30.3 Å².